The minimum absolute atomic E-state index is 0.0100. The first-order chi connectivity index (χ1) is 13.5. The van der Waals surface area contributed by atoms with E-state index >= 15 is 0 Å². The molecule has 0 atom stereocenters. The van der Waals surface area contributed by atoms with Crippen LogP contribution in [-0.2, 0) is 16.1 Å². The fraction of sp³-hybridized carbons (Fsp3) is 0.400. The molecular formula is C20H24FN3O4. The molecule has 1 aromatic heterocycles. The number of rotatable bonds is 7. The van der Waals surface area contributed by atoms with E-state index in [4.69, 9.17) is 9.15 Å². The van der Waals surface area contributed by atoms with E-state index in [-0.39, 0.29) is 24.2 Å². The van der Waals surface area contributed by atoms with Gasteiger partial charge in [0.05, 0.1) is 19.4 Å². The summed E-state index contributed by atoms with van der Waals surface area (Å²) in [5.41, 5.74) is 0. The highest BCUT2D eigenvalue weighted by atomic mass is 19.1. The second-order valence-electron chi connectivity index (χ2n) is 6.73. The lowest BCUT2D eigenvalue weighted by atomic mass is 10.3. The van der Waals surface area contributed by atoms with Gasteiger partial charge in [-0.1, -0.05) is 0 Å². The van der Waals surface area contributed by atoms with Crippen molar-refractivity contribution in [2.24, 2.45) is 0 Å². The van der Waals surface area contributed by atoms with Crippen LogP contribution in [0.15, 0.2) is 47.1 Å². The van der Waals surface area contributed by atoms with Crippen molar-refractivity contribution >= 4 is 11.8 Å². The molecule has 1 aliphatic rings. The summed E-state index contributed by atoms with van der Waals surface area (Å²) in [7, 11) is 1.75. The van der Waals surface area contributed by atoms with Gasteiger partial charge in [-0.25, -0.2) is 4.39 Å². The molecule has 0 spiro atoms. The smallest absolute Gasteiger partial charge is 0.260 e. The standard InChI is InChI=1S/C20H24FN3O4/c1-22(13-18-3-2-12-27-18)19(25)14-23-8-10-24(11-9-23)20(26)15-28-17-6-4-16(21)5-7-17/h2-7,12H,8-11,13-15H2,1H3. The van der Waals surface area contributed by atoms with E-state index < -0.39 is 0 Å². The van der Waals surface area contributed by atoms with Gasteiger partial charge in [0.1, 0.15) is 17.3 Å². The predicted octanol–water partition coefficient (Wildman–Crippen LogP) is 1.60. The van der Waals surface area contributed by atoms with Gasteiger partial charge in [0.2, 0.25) is 5.91 Å². The van der Waals surface area contributed by atoms with Gasteiger partial charge in [-0.05, 0) is 36.4 Å². The Bertz CT molecular complexity index is 771. The molecule has 0 N–H and O–H groups in total. The SMILES string of the molecule is CN(Cc1ccco1)C(=O)CN1CCN(C(=O)COc2ccc(F)cc2)CC1. The molecule has 0 bridgehead atoms. The lowest BCUT2D eigenvalue weighted by Gasteiger charge is -2.34. The number of furan rings is 1. The number of carbonyl (C=O) groups excluding carboxylic acids is 2. The van der Waals surface area contributed by atoms with E-state index in [0.29, 0.717) is 45.0 Å². The molecule has 1 aromatic carbocycles. The number of hydrogen-bond acceptors (Lipinski definition) is 5. The van der Waals surface area contributed by atoms with E-state index in [0.717, 1.165) is 5.76 Å². The minimum Gasteiger partial charge on any atom is -0.484 e. The normalized spacial score (nSPS) is 14.7. The van der Waals surface area contributed by atoms with Gasteiger partial charge in [0.25, 0.3) is 5.91 Å². The Balaban J connectivity index is 1.38. The summed E-state index contributed by atoms with van der Waals surface area (Å²) in [6.45, 7) is 3.00. The molecule has 3 rings (SSSR count). The number of nitrogens with zero attached hydrogens (tertiary/aromatic N) is 3. The molecule has 150 valence electrons. The Morgan fingerprint density at radius 1 is 1.14 bits per heavy atom. The van der Waals surface area contributed by atoms with Gasteiger partial charge in [-0.15, -0.1) is 0 Å². The van der Waals surface area contributed by atoms with E-state index in [1.807, 2.05) is 11.0 Å². The molecule has 1 aliphatic heterocycles. The van der Waals surface area contributed by atoms with Crippen LogP contribution in [0.1, 0.15) is 5.76 Å². The van der Waals surface area contributed by atoms with Gasteiger partial charge in [-0.3, -0.25) is 14.5 Å². The summed E-state index contributed by atoms with van der Waals surface area (Å²) in [5.74, 6) is 0.742. The summed E-state index contributed by atoms with van der Waals surface area (Å²) in [6.07, 6.45) is 1.59. The van der Waals surface area contributed by atoms with Gasteiger partial charge >= 0.3 is 0 Å². The first-order valence-electron chi connectivity index (χ1n) is 9.16. The zero-order valence-corrected chi connectivity index (χ0v) is 15.8. The van der Waals surface area contributed by atoms with Crippen molar-refractivity contribution in [1.82, 2.24) is 14.7 Å². The minimum atomic E-state index is -0.348. The van der Waals surface area contributed by atoms with Crippen LogP contribution < -0.4 is 4.74 Å². The van der Waals surface area contributed by atoms with Crippen LogP contribution in [0.4, 0.5) is 4.39 Å². The van der Waals surface area contributed by atoms with E-state index in [9.17, 15) is 14.0 Å². The van der Waals surface area contributed by atoms with Crippen molar-refractivity contribution in [2.45, 2.75) is 6.54 Å². The lowest BCUT2D eigenvalue weighted by Crippen LogP contribution is -2.52. The van der Waals surface area contributed by atoms with Crippen LogP contribution in [0.25, 0.3) is 0 Å². The molecule has 0 unspecified atom stereocenters. The van der Waals surface area contributed by atoms with Crippen molar-refractivity contribution < 1.29 is 23.1 Å². The van der Waals surface area contributed by atoms with Crippen molar-refractivity contribution in [3.05, 3.63) is 54.2 Å². The second kappa shape index (κ2) is 9.36. The second-order valence-corrected chi connectivity index (χ2v) is 6.73. The van der Waals surface area contributed by atoms with E-state index in [2.05, 4.69) is 0 Å². The highest BCUT2D eigenvalue weighted by Crippen LogP contribution is 2.12. The fourth-order valence-electron chi connectivity index (χ4n) is 2.96. The lowest BCUT2D eigenvalue weighted by molar-refractivity contribution is -0.136. The van der Waals surface area contributed by atoms with Crippen molar-refractivity contribution in [1.29, 1.82) is 0 Å². The predicted molar refractivity (Wildman–Crippen MR) is 100 cm³/mol. The number of benzene rings is 1. The van der Waals surface area contributed by atoms with Crippen molar-refractivity contribution in [3.63, 3.8) is 0 Å². The number of piperazine rings is 1. The summed E-state index contributed by atoms with van der Waals surface area (Å²) < 4.78 is 23.6. The molecule has 8 heteroatoms. The molecule has 2 heterocycles. The molecule has 0 radical (unpaired) electrons. The number of amides is 2. The fourth-order valence-corrected chi connectivity index (χ4v) is 2.96. The Hall–Kier alpha value is -2.87. The molecule has 2 amide bonds. The third-order valence-corrected chi connectivity index (χ3v) is 4.66. The zero-order valence-electron chi connectivity index (χ0n) is 15.8. The number of ether oxygens (including phenoxy) is 1. The molecule has 28 heavy (non-hydrogen) atoms. The topological polar surface area (TPSA) is 66.2 Å². The Labute approximate surface area is 163 Å². The molecule has 0 aliphatic carbocycles. The number of carbonyl (C=O) groups is 2. The van der Waals surface area contributed by atoms with E-state index in [1.165, 1.54) is 24.3 Å². The Kier molecular flexibility index (Phi) is 6.65. The maximum Gasteiger partial charge on any atom is 0.260 e. The van der Waals surface area contributed by atoms with Gasteiger partial charge < -0.3 is 19.0 Å². The van der Waals surface area contributed by atoms with Crippen LogP contribution in [-0.4, -0.2) is 72.9 Å². The third kappa shape index (κ3) is 5.56. The van der Waals surface area contributed by atoms with Crippen LogP contribution >= 0.6 is 0 Å². The van der Waals surface area contributed by atoms with Crippen molar-refractivity contribution in [3.8, 4) is 5.75 Å². The Morgan fingerprint density at radius 3 is 2.50 bits per heavy atom. The summed E-state index contributed by atoms with van der Waals surface area (Å²) >= 11 is 0. The molecule has 7 nitrogen and oxygen atoms in total. The average molecular weight is 389 g/mol. The maximum absolute atomic E-state index is 12.9. The molecule has 1 fully saturated rings. The average Bonchev–Trinajstić information content (AvgIpc) is 3.21. The summed E-state index contributed by atoms with van der Waals surface area (Å²) in [4.78, 5) is 30.0. The molecule has 0 saturated carbocycles. The summed E-state index contributed by atoms with van der Waals surface area (Å²) in [5, 5.41) is 0. The van der Waals surface area contributed by atoms with Crippen molar-refractivity contribution in [2.75, 3.05) is 46.4 Å². The quantitative estimate of drug-likeness (QED) is 0.720. The van der Waals surface area contributed by atoms with Crippen LogP contribution in [0.2, 0.25) is 0 Å². The summed E-state index contributed by atoms with van der Waals surface area (Å²) in [6, 6.07) is 9.19. The molecule has 2 aromatic rings. The zero-order chi connectivity index (χ0) is 19.9. The third-order valence-electron chi connectivity index (χ3n) is 4.66. The maximum atomic E-state index is 12.9. The molecule has 1 saturated heterocycles. The highest BCUT2D eigenvalue weighted by Gasteiger charge is 2.23. The van der Waals surface area contributed by atoms with Gasteiger partial charge in [0, 0.05) is 33.2 Å². The first-order valence-corrected chi connectivity index (χ1v) is 9.16. The highest BCUT2D eigenvalue weighted by molar-refractivity contribution is 5.79. The van der Waals surface area contributed by atoms with Crippen LogP contribution in [0, 0.1) is 5.82 Å². The van der Waals surface area contributed by atoms with Gasteiger partial charge in [-0.2, -0.15) is 0 Å². The van der Waals surface area contributed by atoms with Crippen LogP contribution in [0.3, 0.4) is 0 Å². The number of halogens is 1. The monoisotopic (exact) mass is 389 g/mol. The van der Waals surface area contributed by atoms with Crippen LogP contribution in [0.5, 0.6) is 5.75 Å². The number of hydrogen-bond donors (Lipinski definition) is 0. The molecular weight excluding hydrogens is 365 g/mol. The largest absolute Gasteiger partial charge is 0.484 e. The van der Waals surface area contributed by atoms with E-state index in [1.54, 1.807) is 29.2 Å². The van der Waals surface area contributed by atoms with Gasteiger partial charge in [0.15, 0.2) is 6.61 Å². The number of likely N-dealkylation sites (N-methyl/N-ethyl adjacent to an activating group) is 1. The first kappa shape index (κ1) is 19.9. The Morgan fingerprint density at radius 2 is 1.86 bits per heavy atom.